The van der Waals surface area contributed by atoms with E-state index in [1.807, 2.05) is 0 Å². The van der Waals surface area contributed by atoms with Gasteiger partial charge in [-0.1, -0.05) is 0 Å². The number of pyridine rings is 1. The lowest BCUT2D eigenvalue weighted by molar-refractivity contribution is 0.0516. The summed E-state index contributed by atoms with van der Waals surface area (Å²) >= 11 is 0. The van der Waals surface area contributed by atoms with Crippen molar-refractivity contribution in [1.29, 1.82) is 0 Å². The van der Waals surface area contributed by atoms with Crippen molar-refractivity contribution in [3.8, 4) is 0 Å². The van der Waals surface area contributed by atoms with Crippen LogP contribution in [0.15, 0.2) is 6.20 Å². The van der Waals surface area contributed by atoms with E-state index in [9.17, 15) is 13.6 Å². The Morgan fingerprint density at radius 3 is 2.75 bits per heavy atom. The van der Waals surface area contributed by atoms with Crippen LogP contribution >= 0.6 is 0 Å². The summed E-state index contributed by atoms with van der Waals surface area (Å²) in [7, 11) is 0. The van der Waals surface area contributed by atoms with Crippen molar-refractivity contribution in [3.63, 3.8) is 0 Å². The molecule has 0 atom stereocenters. The van der Waals surface area contributed by atoms with Crippen LogP contribution in [0.2, 0.25) is 0 Å². The number of anilines is 1. The van der Waals surface area contributed by atoms with Gasteiger partial charge in [-0.3, -0.25) is 4.98 Å². The van der Waals surface area contributed by atoms with Gasteiger partial charge in [0, 0.05) is 5.69 Å². The summed E-state index contributed by atoms with van der Waals surface area (Å²) in [5.41, 5.74) is 4.69. The van der Waals surface area contributed by atoms with Crippen molar-refractivity contribution in [3.05, 3.63) is 23.0 Å². The number of esters is 1. The fraction of sp³-hybridized carbons (Fsp3) is 0.400. The predicted molar refractivity (Wildman–Crippen MR) is 54.3 cm³/mol. The summed E-state index contributed by atoms with van der Waals surface area (Å²) in [6.45, 7) is 3.08. The second-order valence-corrected chi connectivity index (χ2v) is 3.11. The molecule has 4 nitrogen and oxygen atoms in total. The summed E-state index contributed by atoms with van der Waals surface area (Å²) < 4.78 is 30.2. The van der Waals surface area contributed by atoms with Gasteiger partial charge in [-0.2, -0.15) is 0 Å². The first-order valence-corrected chi connectivity index (χ1v) is 4.69. The maximum atomic E-state index is 12.8. The molecule has 88 valence electrons. The van der Waals surface area contributed by atoms with E-state index < -0.39 is 18.0 Å². The molecule has 0 aliphatic rings. The molecule has 0 bridgehead atoms. The molecule has 6 heteroatoms. The van der Waals surface area contributed by atoms with Gasteiger partial charge in [0.15, 0.2) is 0 Å². The zero-order valence-corrected chi connectivity index (χ0v) is 8.96. The molecule has 1 heterocycles. The van der Waals surface area contributed by atoms with Crippen LogP contribution in [0.1, 0.15) is 35.0 Å². The lowest BCUT2D eigenvalue weighted by Gasteiger charge is -2.12. The average Bonchev–Trinajstić information content (AvgIpc) is 2.20. The summed E-state index contributed by atoms with van der Waals surface area (Å²) in [5.74, 6) is -0.846. The van der Waals surface area contributed by atoms with Crippen LogP contribution in [-0.4, -0.2) is 17.6 Å². The standard InChI is InChI=1S/C10H12F2N2O2/c1-3-16-10(15)8-6(13)4-14-5(2)7(8)9(11)12/h4,9H,3,13H2,1-2H3. The molecule has 2 N–H and O–H groups in total. The van der Waals surface area contributed by atoms with Gasteiger partial charge in [0.1, 0.15) is 0 Å². The van der Waals surface area contributed by atoms with E-state index in [-0.39, 0.29) is 23.6 Å². The highest BCUT2D eigenvalue weighted by molar-refractivity contribution is 5.96. The molecule has 0 amide bonds. The number of nitrogens with two attached hydrogens (primary N) is 1. The van der Waals surface area contributed by atoms with E-state index in [2.05, 4.69) is 9.72 Å². The Morgan fingerprint density at radius 2 is 2.25 bits per heavy atom. The second-order valence-electron chi connectivity index (χ2n) is 3.11. The lowest BCUT2D eigenvalue weighted by atomic mass is 10.1. The number of nitrogens with zero attached hydrogens (tertiary/aromatic N) is 1. The smallest absolute Gasteiger partial charge is 0.340 e. The minimum Gasteiger partial charge on any atom is -0.462 e. The fourth-order valence-electron chi connectivity index (χ4n) is 1.33. The van der Waals surface area contributed by atoms with Crippen LogP contribution in [0.25, 0.3) is 0 Å². The van der Waals surface area contributed by atoms with Crippen LogP contribution in [0, 0.1) is 6.92 Å². The molecule has 0 aromatic carbocycles. The Balaban J connectivity index is 3.34. The van der Waals surface area contributed by atoms with Gasteiger partial charge in [0.2, 0.25) is 0 Å². The fourth-order valence-corrected chi connectivity index (χ4v) is 1.33. The van der Waals surface area contributed by atoms with Gasteiger partial charge in [0.05, 0.1) is 29.6 Å². The summed E-state index contributed by atoms with van der Waals surface area (Å²) in [5, 5.41) is 0. The zero-order chi connectivity index (χ0) is 12.3. The number of nitrogen functional groups attached to an aromatic ring is 1. The first-order chi connectivity index (χ1) is 7.49. The molecule has 0 aliphatic carbocycles. The Hall–Kier alpha value is -1.72. The SMILES string of the molecule is CCOC(=O)c1c(N)cnc(C)c1C(F)F. The number of alkyl halides is 2. The third-order valence-electron chi connectivity index (χ3n) is 2.04. The summed E-state index contributed by atoms with van der Waals surface area (Å²) in [6.07, 6.45) is -1.64. The quantitative estimate of drug-likeness (QED) is 0.807. The van der Waals surface area contributed by atoms with E-state index in [1.54, 1.807) is 6.92 Å². The molecule has 0 aliphatic heterocycles. The number of hydrogen-bond donors (Lipinski definition) is 1. The van der Waals surface area contributed by atoms with Crippen LogP contribution in [0.4, 0.5) is 14.5 Å². The number of aryl methyl sites for hydroxylation is 1. The highest BCUT2D eigenvalue weighted by atomic mass is 19.3. The normalized spacial score (nSPS) is 10.6. The van der Waals surface area contributed by atoms with Crippen LogP contribution in [0.3, 0.4) is 0 Å². The molecule has 0 unspecified atom stereocenters. The Labute approximate surface area is 91.4 Å². The maximum absolute atomic E-state index is 12.8. The van der Waals surface area contributed by atoms with Gasteiger partial charge in [-0.15, -0.1) is 0 Å². The number of aromatic nitrogens is 1. The van der Waals surface area contributed by atoms with Gasteiger partial charge in [0.25, 0.3) is 6.43 Å². The number of ether oxygens (including phenoxy) is 1. The van der Waals surface area contributed by atoms with Crippen molar-refractivity contribution in [2.75, 3.05) is 12.3 Å². The molecule has 0 spiro atoms. The summed E-state index contributed by atoms with van der Waals surface area (Å²) in [4.78, 5) is 15.2. The maximum Gasteiger partial charge on any atom is 0.340 e. The Morgan fingerprint density at radius 1 is 1.62 bits per heavy atom. The van der Waals surface area contributed by atoms with Gasteiger partial charge in [-0.25, -0.2) is 13.6 Å². The zero-order valence-electron chi connectivity index (χ0n) is 8.96. The number of carbonyl (C=O) groups excluding carboxylic acids is 1. The van der Waals surface area contributed by atoms with Crippen LogP contribution in [0.5, 0.6) is 0 Å². The molecule has 0 fully saturated rings. The number of hydrogen-bond acceptors (Lipinski definition) is 4. The first kappa shape index (κ1) is 12.4. The Kier molecular flexibility index (Phi) is 3.76. The molecule has 1 rings (SSSR count). The third-order valence-corrected chi connectivity index (χ3v) is 2.04. The molecular formula is C10H12F2N2O2. The number of rotatable bonds is 3. The Bertz CT molecular complexity index is 408. The largest absolute Gasteiger partial charge is 0.462 e. The average molecular weight is 230 g/mol. The van der Waals surface area contributed by atoms with E-state index in [1.165, 1.54) is 13.1 Å². The topological polar surface area (TPSA) is 65.2 Å². The van der Waals surface area contributed by atoms with Crippen molar-refractivity contribution in [2.24, 2.45) is 0 Å². The third kappa shape index (κ3) is 2.26. The first-order valence-electron chi connectivity index (χ1n) is 4.69. The number of halogens is 2. The van der Waals surface area contributed by atoms with Gasteiger partial charge in [-0.05, 0) is 13.8 Å². The molecular weight excluding hydrogens is 218 g/mol. The minimum atomic E-state index is -2.81. The molecule has 16 heavy (non-hydrogen) atoms. The van der Waals surface area contributed by atoms with Crippen molar-refractivity contribution in [1.82, 2.24) is 4.98 Å². The van der Waals surface area contributed by atoms with E-state index in [4.69, 9.17) is 5.73 Å². The molecule has 1 aromatic rings. The van der Waals surface area contributed by atoms with Crippen molar-refractivity contribution < 1.29 is 18.3 Å². The van der Waals surface area contributed by atoms with E-state index >= 15 is 0 Å². The predicted octanol–water partition coefficient (Wildman–Crippen LogP) is 2.09. The van der Waals surface area contributed by atoms with Crippen molar-refractivity contribution in [2.45, 2.75) is 20.3 Å². The lowest BCUT2D eigenvalue weighted by Crippen LogP contribution is -2.14. The van der Waals surface area contributed by atoms with Crippen molar-refractivity contribution >= 4 is 11.7 Å². The summed E-state index contributed by atoms with van der Waals surface area (Å²) in [6, 6.07) is 0. The highest BCUT2D eigenvalue weighted by Crippen LogP contribution is 2.29. The molecule has 0 saturated heterocycles. The van der Waals surface area contributed by atoms with E-state index in [0.717, 1.165) is 0 Å². The van der Waals surface area contributed by atoms with Gasteiger partial charge < -0.3 is 10.5 Å². The van der Waals surface area contributed by atoms with Crippen LogP contribution < -0.4 is 5.73 Å². The minimum absolute atomic E-state index is 0.0762. The monoisotopic (exact) mass is 230 g/mol. The second kappa shape index (κ2) is 4.87. The number of carbonyl (C=O) groups is 1. The van der Waals surface area contributed by atoms with E-state index in [0.29, 0.717) is 0 Å². The molecule has 0 saturated carbocycles. The molecule has 0 radical (unpaired) electrons. The van der Waals surface area contributed by atoms with Gasteiger partial charge >= 0.3 is 5.97 Å². The highest BCUT2D eigenvalue weighted by Gasteiger charge is 2.25. The van der Waals surface area contributed by atoms with Crippen LogP contribution in [-0.2, 0) is 4.74 Å². The molecule has 1 aromatic heterocycles.